The number of benzene rings is 3. The molecule has 3 aromatic carbocycles. The third-order valence-electron chi connectivity index (χ3n) is 5.61. The van der Waals surface area contributed by atoms with Crippen LogP contribution in [0.4, 0.5) is 11.4 Å². The summed E-state index contributed by atoms with van der Waals surface area (Å²) in [5.41, 5.74) is 2.65. The molecule has 3 aromatic rings. The van der Waals surface area contributed by atoms with Crippen molar-refractivity contribution >= 4 is 23.2 Å². The van der Waals surface area contributed by atoms with Crippen LogP contribution in [0.15, 0.2) is 60.7 Å². The van der Waals surface area contributed by atoms with Crippen LogP contribution in [0.5, 0.6) is 23.0 Å². The van der Waals surface area contributed by atoms with Crippen LogP contribution in [-0.2, 0) is 4.79 Å². The Balaban J connectivity index is 1.49. The predicted molar refractivity (Wildman–Crippen MR) is 133 cm³/mol. The Labute approximate surface area is 204 Å². The van der Waals surface area contributed by atoms with E-state index in [-0.39, 0.29) is 11.8 Å². The smallest absolute Gasteiger partial charge is 0.267 e. The molecule has 0 saturated heterocycles. The molecule has 2 amide bonds. The lowest BCUT2D eigenvalue weighted by Crippen LogP contribution is -2.46. The van der Waals surface area contributed by atoms with Crippen LogP contribution in [0.3, 0.4) is 0 Å². The first kappa shape index (κ1) is 23.9. The van der Waals surface area contributed by atoms with Crippen molar-refractivity contribution in [3.05, 3.63) is 71.8 Å². The van der Waals surface area contributed by atoms with Crippen molar-refractivity contribution in [3.63, 3.8) is 0 Å². The molecule has 8 heteroatoms. The van der Waals surface area contributed by atoms with Gasteiger partial charge in [-0.15, -0.1) is 0 Å². The second kappa shape index (κ2) is 10.4. The van der Waals surface area contributed by atoms with Gasteiger partial charge in [-0.25, -0.2) is 0 Å². The first-order valence-electron chi connectivity index (χ1n) is 11.2. The monoisotopic (exact) mass is 476 g/mol. The number of aryl methyl sites for hydroxylation is 1. The maximum absolute atomic E-state index is 12.9. The lowest BCUT2D eigenvalue weighted by atomic mass is 10.1. The van der Waals surface area contributed by atoms with Crippen molar-refractivity contribution in [2.45, 2.75) is 20.0 Å². The van der Waals surface area contributed by atoms with Crippen molar-refractivity contribution in [1.29, 1.82) is 0 Å². The van der Waals surface area contributed by atoms with Gasteiger partial charge in [0.2, 0.25) is 0 Å². The molecular weight excluding hydrogens is 448 g/mol. The van der Waals surface area contributed by atoms with Crippen LogP contribution in [0.25, 0.3) is 0 Å². The number of methoxy groups -OCH3 is 2. The molecule has 1 unspecified atom stereocenters. The number of carbonyl (C=O) groups is 2. The van der Waals surface area contributed by atoms with Crippen LogP contribution in [0, 0.1) is 6.92 Å². The molecule has 0 fully saturated rings. The summed E-state index contributed by atoms with van der Waals surface area (Å²) in [6, 6.07) is 17.9. The molecule has 0 bridgehead atoms. The van der Waals surface area contributed by atoms with E-state index >= 15 is 0 Å². The van der Waals surface area contributed by atoms with E-state index in [2.05, 4.69) is 5.32 Å². The highest BCUT2D eigenvalue weighted by atomic mass is 16.5. The van der Waals surface area contributed by atoms with Crippen molar-refractivity contribution in [1.82, 2.24) is 0 Å². The normalized spacial score (nSPS) is 14.6. The average molecular weight is 477 g/mol. The van der Waals surface area contributed by atoms with Crippen LogP contribution >= 0.6 is 0 Å². The highest BCUT2D eigenvalue weighted by molar-refractivity contribution is 6.05. The fourth-order valence-corrected chi connectivity index (χ4v) is 3.82. The van der Waals surface area contributed by atoms with Gasteiger partial charge in [0.15, 0.2) is 6.10 Å². The summed E-state index contributed by atoms with van der Waals surface area (Å²) in [7, 11) is 3.05. The quantitative estimate of drug-likeness (QED) is 0.517. The topological polar surface area (TPSA) is 86.3 Å². The standard InChI is InChI=1S/C27H28N2O6/c1-17-6-5-7-21(12-17)34-11-10-29-24-9-8-20(15-25(24)35-18(2)27(29)31)28-26(30)19-13-22(32-3)16-23(14-19)33-4/h5-9,12-16,18H,10-11H2,1-4H3,(H,28,30). The zero-order valence-corrected chi connectivity index (χ0v) is 20.2. The second-order valence-corrected chi connectivity index (χ2v) is 8.15. The van der Waals surface area contributed by atoms with Crippen molar-refractivity contribution in [2.24, 2.45) is 0 Å². The SMILES string of the molecule is COc1cc(OC)cc(C(=O)Nc2ccc3c(c2)OC(C)C(=O)N3CCOc2cccc(C)c2)c1. The summed E-state index contributed by atoms with van der Waals surface area (Å²) in [6.07, 6.45) is -0.657. The molecule has 1 aliphatic rings. The zero-order valence-electron chi connectivity index (χ0n) is 20.2. The van der Waals surface area contributed by atoms with Crippen LogP contribution < -0.4 is 29.2 Å². The molecule has 4 rings (SSSR count). The largest absolute Gasteiger partial charge is 0.497 e. The maximum Gasteiger partial charge on any atom is 0.267 e. The fourth-order valence-electron chi connectivity index (χ4n) is 3.82. The second-order valence-electron chi connectivity index (χ2n) is 8.15. The molecule has 1 N–H and O–H groups in total. The number of fused-ring (bicyclic) bond motifs is 1. The molecule has 1 heterocycles. The average Bonchev–Trinajstić information content (AvgIpc) is 2.86. The van der Waals surface area contributed by atoms with E-state index in [9.17, 15) is 9.59 Å². The molecule has 0 radical (unpaired) electrons. The summed E-state index contributed by atoms with van der Waals surface area (Å²) in [5.74, 6) is 1.81. The summed E-state index contributed by atoms with van der Waals surface area (Å²) in [5, 5.41) is 2.86. The number of nitrogens with zero attached hydrogens (tertiary/aromatic N) is 1. The minimum absolute atomic E-state index is 0.148. The number of hydrogen-bond acceptors (Lipinski definition) is 6. The van der Waals surface area contributed by atoms with E-state index < -0.39 is 6.10 Å². The third kappa shape index (κ3) is 5.48. The van der Waals surface area contributed by atoms with E-state index in [1.54, 1.807) is 48.2 Å². The molecular formula is C27H28N2O6. The van der Waals surface area contributed by atoms with E-state index in [0.717, 1.165) is 11.3 Å². The minimum Gasteiger partial charge on any atom is -0.497 e. The van der Waals surface area contributed by atoms with Gasteiger partial charge < -0.3 is 29.2 Å². The maximum atomic E-state index is 12.9. The summed E-state index contributed by atoms with van der Waals surface area (Å²) < 4.78 is 22.2. The van der Waals surface area contributed by atoms with Crippen LogP contribution in [0.2, 0.25) is 0 Å². The zero-order chi connectivity index (χ0) is 24.9. The Morgan fingerprint density at radius 2 is 1.74 bits per heavy atom. The van der Waals surface area contributed by atoms with Gasteiger partial charge in [0.1, 0.15) is 29.6 Å². The third-order valence-corrected chi connectivity index (χ3v) is 5.61. The van der Waals surface area contributed by atoms with E-state index in [4.69, 9.17) is 18.9 Å². The number of rotatable bonds is 8. The van der Waals surface area contributed by atoms with Gasteiger partial charge in [0.05, 0.1) is 26.5 Å². The lowest BCUT2D eigenvalue weighted by Gasteiger charge is -2.33. The lowest BCUT2D eigenvalue weighted by molar-refractivity contribution is -0.125. The highest BCUT2D eigenvalue weighted by Crippen LogP contribution is 2.36. The molecule has 182 valence electrons. The molecule has 0 aliphatic carbocycles. The summed E-state index contributed by atoms with van der Waals surface area (Å²) >= 11 is 0. The molecule has 35 heavy (non-hydrogen) atoms. The van der Waals surface area contributed by atoms with Gasteiger partial charge >= 0.3 is 0 Å². The van der Waals surface area contributed by atoms with Crippen LogP contribution in [0.1, 0.15) is 22.8 Å². The first-order valence-corrected chi connectivity index (χ1v) is 11.2. The molecule has 1 atom stereocenters. The van der Waals surface area contributed by atoms with Gasteiger partial charge in [-0.1, -0.05) is 12.1 Å². The molecule has 8 nitrogen and oxygen atoms in total. The number of ether oxygens (including phenoxy) is 4. The Morgan fingerprint density at radius 1 is 1.00 bits per heavy atom. The van der Waals surface area contributed by atoms with Crippen molar-refractivity contribution in [3.8, 4) is 23.0 Å². The molecule has 0 saturated carbocycles. The predicted octanol–water partition coefficient (Wildman–Crippen LogP) is 4.46. The summed E-state index contributed by atoms with van der Waals surface area (Å²) in [6.45, 7) is 4.39. The highest BCUT2D eigenvalue weighted by Gasteiger charge is 2.31. The van der Waals surface area contributed by atoms with Gasteiger partial charge in [-0.3, -0.25) is 9.59 Å². The Hall–Kier alpha value is -4.20. The minimum atomic E-state index is -0.657. The van der Waals surface area contributed by atoms with Crippen LogP contribution in [-0.4, -0.2) is 45.3 Å². The van der Waals surface area contributed by atoms with Gasteiger partial charge in [0.25, 0.3) is 11.8 Å². The Morgan fingerprint density at radius 3 is 2.43 bits per heavy atom. The van der Waals surface area contributed by atoms with Gasteiger partial charge in [-0.05, 0) is 55.8 Å². The molecule has 0 aromatic heterocycles. The van der Waals surface area contributed by atoms with Gasteiger partial charge in [-0.2, -0.15) is 0 Å². The van der Waals surface area contributed by atoms with Crippen molar-refractivity contribution < 1.29 is 28.5 Å². The van der Waals surface area contributed by atoms with E-state index in [1.807, 2.05) is 31.2 Å². The number of carbonyl (C=O) groups excluding carboxylic acids is 2. The first-order chi connectivity index (χ1) is 16.9. The molecule has 0 spiro atoms. The number of nitrogens with one attached hydrogen (secondary N) is 1. The fraction of sp³-hybridized carbons (Fsp3) is 0.259. The van der Waals surface area contributed by atoms with E-state index in [1.165, 1.54) is 14.2 Å². The summed E-state index contributed by atoms with van der Waals surface area (Å²) in [4.78, 5) is 27.3. The number of anilines is 2. The Bertz CT molecular complexity index is 1220. The molecule has 1 aliphatic heterocycles. The number of amides is 2. The van der Waals surface area contributed by atoms with Gasteiger partial charge in [0, 0.05) is 23.4 Å². The van der Waals surface area contributed by atoms with Crippen molar-refractivity contribution in [2.75, 3.05) is 37.6 Å². The van der Waals surface area contributed by atoms with E-state index in [0.29, 0.717) is 47.3 Å². The Kier molecular flexibility index (Phi) is 7.10. The number of hydrogen-bond donors (Lipinski definition) is 1.